The first-order valence-electron chi connectivity index (χ1n) is 10.8. The van der Waals surface area contributed by atoms with Gasteiger partial charge >= 0.3 is 0 Å². The van der Waals surface area contributed by atoms with Crippen LogP contribution in [-0.4, -0.2) is 47.6 Å². The Kier molecular flexibility index (Phi) is 8.51. The molecule has 33 heavy (non-hydrogen) atoms. The lowest BCUT2D eigenvalue weighted by Crippen LogP contribution is -2.23. The lowest BCUT2D eigenvalue weighted by Gasteiger charge is -2.19. The highest BCUT2D eigenvalue weighted by Crippen LogP contribution is 2.34. The molecule has 0 amide bonds. The van der Waals surface area contributed by atoms with Crippen molar-refractivity contribution in [2.45, 2.75) is 33.0 Å². The summed E-state index contributed by atoms with van der Waals surface area (Å²) in [6.45, 7) is 4.74. The van der Waals surface area contributed by atoms with E-state index >= 15 is 0 Å². The number of hydrogen-bond donors (Lipinski definition) is 3. The smallest absolute Gasteiger partial charge is 0.240 e. The molecule has 0 saturated carbocycles. The average Bonchev–Trinajstić information content (AvgIpc) is 3.29. The summed E-state index contributed by atoms with van der Waals surface area (Å²) in [5.74, 6) is 1.37. The van der Waals surface area contributed by atoms with E-state index in [0.717, 1.165) is 22.8 Å². The van der Waals surface area contributed by atoms with Gasteiger partial charge in [-0.05, 0) is 55.0 Å². The van der Waals surface area contributed by atoms with E-state index in [4.69, 9.17) is 25.4 Å². The second-order valence-electron chi connectivity index (χ2n) is 7.37. The SMILES string of the molecule is CCc1sc(N(C)CCO)nc1-c1ccc(OC(CC)Oc2ccc(/C(N)=N/O)cc2)cc1. The van der Waals surface area contributed by atoms with Gasteiger partial charge in [0.05, 0.1) is 12.3 Å². The molecule has 2 aromatic carbocycles. The molecule has 0 bridgehead atoms. The van der Waals surface area contributed by atoms with Crippen LogP contribution < -0.4 is 20.1 Å². The number of anilines is 1. The molecule has 4 N–H and O–H groups in total. The molecular formula is C24H30N4O4S. The van der Waals surface area contributed by atoms with Crippen LogP contribution in [0.1, 0.15) is 30.7 Å². The van der Waals surface area contributed by atoms with Crippen LogP contribution in [-0.2, 0) is 6.42 Å². The van der Waals surface area contributed by atoms with E-state index < -0.39 is 6.29 Å². The molecule has 0 saturated heterocycles. The zero-order chi connectivity index (χ0) is 23.8. The number of benzene rings is 2. The Bertz CT molecular complexity index is 1050. The Morgan fingerprint density at radius 3 is 2.21 bits per heavy atom. The van der Waals surface area contributed by atoms with Crippen LogP contribution in [0.25, 0.3) is 11.3 Å². The third-order valence-electron chi connectivity index (χ3n) is 5.02. The van der Waals surface area contributed by atoms with Crippen LogP contribution in [0.5, 0.6) is 11.5 Å². The van der Waals surface area contributed by atoms with Gasteiger partial charge in [0.2, 0.25) is 6.29 Å². The number of amidine groups is 1. The highest BCUT2D eigenvalue weighted by Gasteiger charge is 2.15. The van der Waals surface area contributed by atoms with E-state index in [9.17, 15) is 5.11 Å². The number of thiazole rings is 1. The summed E-state index contributed by atoms with van der Waals surface area (Å²) >= 11 is 1.65. The first kappa shape index (κ1) is 24.3. The minimum Gasteiger partial charge on any atom is -0.455 e. The molecule has 1 atom stereocenters. The van der Waals surface area contributed by atoms with Crippen LogP contribution in [0.3, 0.4) is 0 Å². The topological polar surface area (TPSA) is 113 Å². The second kappa shape index (κ2) is 11.5. The van der Waals surface area contributed by atoms with E-state index in [2.05, 4.69) is 12.1 Å². The van der Waals surface area contributed by atoms with Gasteiger partial charge in [-0.1, -0.05) is 19.0 Å². The van der Waals surface area contributed by atoms with Crippen molar-refractivity contribution in [1.29, 1.82) is 0 Å². The van der Waals surface area contributed by atoms with Crippen molar-refractivity contribution in [1.82, 2.24) is 4.98 Å². The molecule has 3 aromatic rings. The van der Waals surface area contributed by atoms with E-state index in [1.54, 1.807) is 35.6 Å². The maximum absolute atomic E-state index is 9.20. The first-order chi connectivity index (χ1) is 16.0. The normalized spacial score (nSPS) is 12.4. The van der Waals surface area contributed by atoms with Crippen molar-refractivity contribution in [2.75, 3.05) is 25.1 Å². The van der Waals surface area contributed by atoms with Gasteiger partial charge in [-0.2, -0.15) is 0 Å². The van der Waals surface area contributed by atoms with E-state index in [1.165, 1.54) is 4.88 Å². The lowest BCUT2D eigenvalue weighted by molar-refractivity contribution is 0.00331. The van der Waals surface area contributed by atoms with Gasteiger partial charge in [-0.3, -0.25) is 0 Å². The maximum atomic E-state index is 9.20. The minimum absolute atomic E-state index is 0.0448. The van der Waals surface area contributed by atoms with Crippen LogP contribution >= 0.6 is 11.3 Å². The molecule has 0 aliphatic heterocycles. The van der Waals surface area contributed by atoms with Crippen molar-refractivity contribution in [2.24, 2.45) is 10.9 Å². The summed E-state index contributed by atoms with van der Waals surface area (Å²) < 4.78 is 12.0. The van der Waals surface area contributed by atoms with Crippen molar-refractivity contribution < 1.29 is 19.8 Å². The number of nitrogens with zero attached hydrogens (tertiary/aromatic N) is 3. The standard InChI is InChI=1S/C24H30N4O4S/c1-4-20-22(26-24(33-20)28(3)14-15-29)16-6-10-18(11-7-16)31-21(5-2)32-19-12-8-17(9-13-19)23(25)27-30/h6-13,21,29-30H,4-5,14-15H2,1-3H3,(H2,25,27). The van der Waals surface area contributed by atoms with E-state index in [1.807, 2.05) is 43.1 Å². The summed E-state index contributed by atoms with van der Waals surface area (Å²) in [7, 11) is 1.93. The van der Waals surface area contributed by atoms with Gasteiger partial charge in [0, 0.05) is 36.0 Å². The molecule has 3 rings (SSSR count). The molecule has 0 radical (unpaired) electrons. The van der Waals surface area contributed by atoms with Gasteiger partial charge in [0.25, 0.3) is 0 Å². The molecule has 1 aromatic heterocycles. The highest BCUT2D eigenvalue weighted by atomic mass is 32.1. The zero-order valence-electron chi connectivity index (χ0n) is 19.1. The monoisotopic (exact) mass is 470 g/mol. The molecule has 1 heterocycles. The largest absolute Gasteiger partial charge is 0.455 e. The molecule has 9 heteroatoms. The summed E-state index contributed by atoms with van der Waals surface area (Å²) in [6.07, 6.45) is 1.07. The Labute approximate surface area is 197 Å². The average molecular weight is 471 g/mol. The summed E-state index contributed by atoms with van der Waals surface area (Å²) in [5.41, 5.74) is 8.18. The number of rotatable bonds is 11. The quantitative estimate of drug-likeness (QED) is 0.127. The number of aliphatic hydroxyl groups is 1. The number of oxime groups is 1. The Hall–Kier alpha value is -3.30. The zero-order valence-corrected chi connectivity index (χ0v) is 19.9. The number of aryl methyl sites for hydroxylation is 1. The summed E-state index contributed by atoms with van der Waals surface area (Å²) in [4.78, 5) is 7.96. The van der Waals surface area contributed by atoms with Gasteiger partial charge in [-0.25, -0.2) is 4.98 Å². The van der Waals surface area contributed by atoms with E-state index in [0.29, 0.717) is 30.0 Å². The predicted molar refractivity (Wildman–Crippen MR) is 132 cm³/mol. The third kappa shape index (κ3) is 6.15. The van der Waals surface area contributed by atoms with Gasteiger partial charge in [-0.15, -0.1) is 11.3 Å². The molecular weight excluding hydrogens is 440 g/mol. The number of aliphatic hydroxyl groups excluding tert-OH is 1. The number of aromatic nitrogens is 1. The van der Waals surface area contributed by atoms with Gasteiger partial charge in [0.1, 0.15) is 11.5 Å². The minimum atomic E-state index is -0.463. The summed E-state index contributed by atoms with van der Waals surface area (Å²) in [6, 6.07) is 14.8. The van der Waals surface area contributed by atoms with Crippen LogP contribution in [0, 0.1) is 0 Å². The van der Waals surface area contributed by atoms with Gasteiger partial charge < -0.3 is 30.4 Å². The second-order valence-corrected chi connectivity index (χ2v) is 8.44. The van der Waals surface area contributed by atoms with Crippen molar-refractivity contribution in [3.8, 4) is 22.8 Å². The number of likely N-dealkylation sites (N-methyl/N-ethyl adjacent to an activating group) is 1. The van der Waals surface area contributed by atoms with E-state index in [-0.39, 0.29) is 12.4 Å². The van der Waals surface area contributed by atoms with Crippen LogP contribution in [0.15, 0.2) is 53.7 Å². The highest BCUT2D eigenvalue weighted by molar-refractivity contribution is 7.16. The van der Waals surface area contributed by atoms with Crippen LogP contribution in [0.4, 0.5) is 5.13 Å². The van der Waals surface area contributed by atoms with Crippen molar-refractivity contribution >= 4 is 22.3 Å². The number of ether oxygens (including phenoxy) is 2. The fourth-order valence-corrected chi connectivity index (χ4v) is 4.17. The maximum Gasteiger partial charge on any atom is 0.240 e. The number of hydrogen-bond acceptors (Lipinski definition) is 8. The van der Waals surface area contributed by atoms with Crippen LogP contribution in [0.2, 0.25) is 0 Å². The van der Waals surface area contributed by atoms with Crippen molar-refractivity contribution in [3.63, 3.8) is 0 Å². The molecule has 0 aliphatic rings. The molecule has 8 nitrogen and oxygen atoms in total. The Morgan fingerprint density at radius 2 is 1.70 bits per heavy atom. The first-order valence-corrected chi connectivity index (χ1v) is 11.6. The number of nitrogens with two attached hydrogens (primary N) is 1. The van der Waals surface area contributed by atoms with Gasteiger partial charge in [0.15, 0.2) is 11.0 Å². The fraction of sp³-hybridized carbons (Fsp3) is 0.333. The Balaban J connectivity index is 1.69. The molecule has 0 spiro atoms. The molecule has 1 unspecified atom stereocenters. The Morgan fingerprint density at radius 1 is 1.09 bits per heavy atom. The molecule has 0 fully saturated rings. The fourth-order valence-electron chi connectivity index (χ4n) is 3.16. The third-order valence-corrected chi connectivity index (χ3v) is 6.34. The lowest BCUT2D eigenvalue weighted by atomic mass is 10.1. The molecule has 0 aliphatic carbocycles. The van der Waals surface area contributed by atoms with Crippen molar-refractivity contribution in [3.05, 3.63) is 59.0 Å². The summed E-state index contributed by atoms with van der Waals surface area (Å²) in [5, 5.41) is 21.9. The predicted octanol–water partition coefficient (Wildman–Crippen LogP) is 4.09. The molecule has 176 valence electrons.